The van der Waals surface area contributed by atoms with Gasteiger partial charge in [0.25, 0.3) is 5.69 Å². The van der Waals surface area contributed by atoms with Crippen LogP contribution < -0.4 is 0 Å². The van der Waals surface area contributed by atoms with Crippen molar-refractivity contribution in [2.75, 3.05) is 0 Å². The third-order valence-electron chi connectivity index (χ3n) is 4.57. The van der Waals surface area contributed by atoms with Gasteiger partial charge in [-0.1, -0.05) is 42.5 Å². The lowest BCUT2D eigenvalue weighted by molar-refractivity contribution is -0.384. The number of non-ortho nitro benzene ring substituents is 1. The smallest absolute Gasteiger partial charge is 0.269 e. The molecule has 0 radical (unpaired) electrons. The molecule has 2 unspecified atom stereocenters. The molecule has 0 spiro atoms. The molecule has 2 atom stereocenters. The van der Waals surface area contributed by atoms with E-state index in [1.54, 1.807) is 24.7 Å². The van der Waals surface area contributed by atoms with Crippen molar-refractivity contribution >= 4 is 5.69 Å². The Morgan fingerprint density at radius 2 is 1.64 bits per heavy atom. The van der Waals surface area contributed by atoms with E-state index in [9.17, 15) is 10.1 Å². The Balaban J connectivity index is 1.90. The molecule has 0 saturated carbocycles. The lowest BCUT2D eigenvalue weighted by Gasteiger charge is -2.33. The Bertz CT molecular complexity index is 901. The number of rotatable bonds is 4. The quantitative estimate of drug-likeness (QED) is 0.510. The van der Waals surface area contributed by atoms with Crippen molar-refractivity contribution in [3.05, 3.63) is 112 Å². The highest BCUT2D eigenvalue weighted by Gasteiger charge is 2.47. The molecule has 5 heteroatoms. The van der Waals surface area contributed by atoms with Gasteiger partial charge in [0.2, 0.25) is 0 Å². The number of hydrogen-bond acceptors (Lipinski definition) is 4. The number of furan rings is 1. The first kappa shape index (κ1) is 15.2. The molecule has 3 aromatic rings. The zero-order valence-electron chi connectivity index (χ0n) is 13.2. The molecule has 5 nitrogen and oxygen atoms in total. The van der Waals surface area contributed by atoms with Gasteiger partial charge in [-0.05, 0) is 29.3 Å². The predicted octanol–water partition coefficient (Wildman–Crippen LogP) is 4.76. The van der Waals surface area contributed by atoms with E-state index in [-0.39, 0.29) is 11.8 Å². The van der Waals surface area contributed by atoms with Crippen LogP contribution in [0.5, 0.6) is 0 Å². The highest BCUT2D eigenvalue weighted by molar-refractivity contribution is 5.50. The van der Waals surface area contributed by atoms with E-state index in [2.05, 4.69) is 0 Å². The zero-order valence-corrected chi connectivity index (χ0v) is 13.2. The minimum absolute atomic E-state index is 0.0596. The van der Waals surface area contributed by atoms with Crippen molar-refractivity contribution in [3.63, 3.8) is 0 Å². The summed E-state index contributed by atoms with van der Waals surface area (Å²) < 4.78 is 11.5. The van der Waals surface area contributed by atoms with E-state index in [1.807, 2.05) is 48.5 Å². The minimum Gasteiger partial charge on any atom is -0.489 e. The van der Waals surface area contributed by atoms with E-state index < -0.39 is 10.3 Å². The van der Waals surface area contributed by atoms with Gasteiger partial charge in [-0.25, -0.2) is 0 Å². The highest BCUT2D eigenvalue weighted by atomic mass is 16.6. The standard InChI is InChI=1S/C20H15NO4/c22-21(23)17-10-8-16(9-11-17)20(15-5-2-1-3-6-15)12-14-25-19(20)18-7-4-13-24-18/h1-14,19H. The number of hydrogen-bond donors (Lipinski definition) is 0. The van der Waals surface area contributed by atoms with Crippen LogP contribution >= 0.6 is 0 Å². The number of nitro groups is 1. The van der Waals surface area contributed by atoms with Gasteiger partial charge < -0.3 is 9.15 Å². The first-order chi connectivity index (χ1) is 12.2. The van der Waals surface area contributed by atoms with Crippen LogP contribution in [0.25, 0.3) is 0 Å². The molecule has 2 heterocycles. The van der Waals surface area contributed by atoms with Crippen molar-refractivity contribution in [1.82, 2.24) is 0 Å². The normalized spacial score (nSPS) is 21.8. The average Bonchev–Trinajstić information content (AvgIpc) is 3.32. The SMILES string of the molecule is O=[N+]([O-])c1ccc(C2(c3ccccc3)C=COC2c2ccco2)cc1. The van der Waals surface area contributed by atoms with Gasteiger partial charge in [0.1, 0.15) is 5.76 Å². The molecule has 0 amide bonds. The Labute approximate surface area is 144 Å². The van der Waals surface area contributed by atoms with Gasteiger partial charge >= 0.3 is 0 Å². The molecule has 2 aromatic carbocycles. The fourth-order valence-electron chi connectivity index (χ4n) is 3.39. The molecule has 0 N–H and O–H groups in total. The van der Waals surface area contributed by atoms with Crippen LogP contribution in [0.1, 0.15) is 23.0 Å². The molecule has 1 aliphatic rings. The Morgan fingerprint density at radius 1 is 0.920 bits per heavy atom. The summed E-state index contributed by atoms with van der Waals surface area (Å²) in [5.41, 5.74) is 1.37. The zero-order chi connectivity index (χ0) is 17.3. The summed E-state index contributed by atoms with van der Waals surface area (Å²) in [6.45, 7) is 0. The van der Waals surface area contributed by atoms with Crippen LogP contribution in [0, 0.1) is 10.1 Å². The first-order valence-corrected chi connectivity index (χ1v) is 7.89. The fraction of sp³-hybridized carbons (Fsp3) is 0.100. The third-order valence-corrected chi connectivity index (χ3v) is 4.57. The second-order valence-corrected chi connectivity index (χ2v) is 5.87. The molecule has 0 fully saturated rings. The molecular weight excluding hydrogens is 318 g/mol. The monoisotopic (exact) mass is 333 g/mol. The van der Waals surface area contributed by atoms with E-state index >= 15 is 0 Å². The maximum absolute atomic E-state index is 11.0. The second-order valence-electron chi connectivity index (χ2n) is 5.87. The van der Waals surface area contributed by atoms with E-state index in [0.29, 0.717) is 5.76 Å². The van der Waals surface area contributed by atoms with Crippen molar-refractivity contribution < 1.29 is 14.1 Å². The average molecular weight is 333 g/mol. The van der Waals surface area contributed by atoms with E-state index in [0.717, 1.165) is 11.1 Å². The van der Waals surface area contributed by atoms with Crippen LogP contribution in [0.4, 0.5) is 5.69 Å². The van der Waals surface area contributed by atoms with Crippen molar-refractivity contribution in [1.29, 1.82) is 0 Å². The fourth-order valence-corrected chi connectivity index (χ4v) is 3.39. The summed E-state index contributed by atoms with van der Waals surface area (Å²) in [4.78, 5) is 10.6. The van der Waals surface area contributed by atoms with E-state index in [1.165, 1.54) is 12.1 Å². The van der Waals surface area contributed by atoms with Gasteiger partial charge in [-0.15, -0.1) is 0 Å². The molecule has 1 aromatic heterocycles. The van der Waals surface area contributed by atoms with Crippen molar-refractivity contribution in [2.24, 2.45) is 0 Å². The van der Waals surface area contributed by atoms with Crippen molar-refractivity contribution in [3.8, 4) is 0 Å². The predicted molar refractivity (Wildman–Crippen MR) is 92.0 cm³/mol. The first-order valence-electron chi connectivity index (χ1n) is 7.89. The minimum atomic E-state index is -0.617. The lowest BCUT2D eigenvalue weighted by atomic mass is 9.70. The Morgan fingerprint density at radius 3 is 2.28 bits per heavy atom. The van der Waals surface area contributed by atoms with Crippen LogP contribution in [-0.2, 0) is 10.2 Å². The topological polar surface area (TPSA) is 65.5 Å². The van der Waals surface area contributed by atoms with Crippen LogP contribution in [0.2, 0.25) is 0 Å². The number of benzene rings is 2. The van der Waals surface area contributed by atoms with Gasteiger partial charge in [-0.3, -0.25) is 10.1 Å². The highest BCUT2D eigenvalue weighted by Crippen LogP contribution is 2.50. The van der Waals surface area contributed by atoms with Gasteiger partial charge in [0, 0.05) is 12.1 Å². The molecule has 0 saturated heterocycles. The summed E-state index contributed by atoms with van der Waals surface area (Å²) in [6.07, 6.45) is 4.88. The summed E-state index contributed by atoms with van der Waals surface area (Å²) in [7, 11) is 0. The van der Waals surface area contributed by atoms with Gasteiger partial charge in [0.15, 0.2) is 6.10 Å². The van der Waals surface area contributed by atoms with Crippen LogP contribution in [0.3, 0.4) is 0 Å². The van der Waals surface area contributed by atoms with Gasteiger partial charge in [0.05, 0.1) is 22.9 Å². The maximum Gasteiger partial charge on any atom is 0.269 e. The number of nitro benzene ring substituents is 1. The third kappa shape index (κ3) is 2.41. The number of ether oxygens (including phenoxy) is 1. The largest absolute Gasteiger partial charge is 0.489 e. The van der Waals surface area contributed by atoms with Crippen molar-refractivity contribution in [2.45, 2.75) is 11.5 Å². The molecule has 0 bridgehead atoms. The number of nitrogens with zero attached hydrogens (tertiary/aromatic N) is 1. The molecular formula is C20H15NO4. The molecule has 25 heavy (non-hydrogen) atoms. The summed E-state index contributed by atoms with van der Waals surface area (Å²) in [5, 5.41) is 11.0. The molecule has 4 rings (SSSR count). The Kier molecular flexibility index (Phi) is 3.61. The van der Waals surface area contributed by atoms with Crippen LogP contribution in [-0.4, -0.2) is 4.92 Å². The summed E-state index contributed by atoms with van der Waals surface area (Å²) in [6, 6.07) is 20.2. The summed E-state index contributed by atoms with van der Waals surface area (Å²) in [5.74, 6) is 0.701. The molecule has 0 aliphatic carbocycles. The summed E-state index contributed by atoms with van der Waals surface area (Å²) >= 11 is 0. The lowest BCUT2D eigenvalue weighted by Crippen LogP contribution is -2.30. The van der Waals surface area contributed by atoms with E-state index in [4.69, 9.17) is 9.15 Å². The van der Waals surface area contributed by atoms with Crippen LogP contribution in [0.15, 0.2) is 89.7 Å². The molecule has 124 valence electrons. The second kappa shape index (κ2) is 5.94. The maximum atomic E-state index is 11.0. The Hall–Kier alpha value is -3.34. The van der Waals surface area contributed by atoms with Gasteiger partial charge in [-0.2, -0.15) is 0 Å². The molecule has 1 aliphatic heterocycles.